The van der Waals surface area contributed by atoms with Crippen molar-refractivity contribution in [3.05, 3.63) is 11.1 Å². The lowest BCUT2D eigenvalue weighted by Gasteiger charge is -2.06. The van der Waals surface area contributed by atoms with Gasteiger partial charge >= 0.3 is 0 Å². The Hall–Kier alpha value is -0.940. The standard InChI is InChI=1S/C11H18N2O2S/c1-4-7(2)5-10(15)13-11-12-9(6-16-11)8(3)14/h6-8,14H,4-5H2,1-3H3,(H,12,13,15). The third kappa shape index (κ3) is 3.90. The topological polar surface area (TPSA) is 62.2 Å². The van der Waals surface area contributed by atoms with Crippen LogP contribution < -0.4 is 5.32 Å². The molecule has 2 atom stereocenters. The van der Waals surface area contributed by atoms with Crippen molar-refractivity contribution in [3.8, 4) is 0 Å². The van der Waals surface area contributed by atoms with Crippen LogP contribution in [0.3, 0.4) is 0 Å². The van der Waals surface area contributed by atoms with Gasteiger partial charge in [-0.2, -0.15) is 0 Å². The average molecular weight is 242 g/mol. The number of aliphatic hydroxyl groups is 1. The molecule has 16 heavy (non-hydrogen) atoms. The van der Waals surface area contributed by atoms with Crippen molar-refractivity contribution in [2.45, 2.75) is 39.7 Å². The Bertz CT molecular complexity index is 350. The Kier molecular flexibility index (Phi) is 4.89. The molecule has 90 valence electrons. The van der Waals surface area contributed by atoms with Gasteiger partial charge in [0.25, 0.3) is 0 Å². The first-order valence-corrected chi connectivity index (χ1v) is 6.34. The Morgan fingerprint density at radius 3 is 2.81 bits per heavy atom. The minimum absolute atomic E-state index is 0.0131. The van der Waals surface area contributed by atoms with E-state index in [1.54, 1.807) is 12.3 Å². The lowest BCUT2D eigenvalue weighted by molar-refractivity contribution is -0.117. The summed E-state index contributed by atoms with van der Waals surface area (Å²) >= 11 is 1.34. The number of hydrogen-bond donors (Lipinski definition) is 2. The highest BCUT2D eigenvalue weighted by atomic mass is 32.1. The van der Waals surface area contributed by atoms with E-state index >= 15 is 0 Å². The highest BCUT2D eigenvalue weighted by Crippen LogP contribution is 2.20. The van der Waals surface area contributed by atoms with E-state index in [1.807, 2.05) is 6.92 Å². The van der Waals surface area contributed by atoms with Crippen molar-refractivity contribution in [3.63, 3.8) is 0 Å². The Morgan fingerprint density at radius 2 is 2.31 bits per heavy atom. The van der Waals surface area contributed by atoms with E-state index in [-0.39, 0.29) is 5.91 Å². The molecule has 4 nitrogen and oxygen atoms in total. The second kappa shape index (κ2) is 5.96. The first-order valence-electron chi connectivity index (χ1n) is 5.46. The summed E-state index contributed by atoms with van der Waals surface area (Å²) < 4.78 is 0. The molecule has 0 aliphatic rings. The zero-order valence-electron chi connectivity index (χ0n) is 9.86. The second-order valence-electron chi connectivity index (χ2n) is 4.02. The molecule has 1 amide bonds. The number of nitrogens with one attached hydrogen (secondary N) is 1. The summed E-state index contributed by atoms with van der Waals surface area (Å²) in [6.07, 6.45) is 0.918. The summed E-state index contributed by atoms with van der Waals surface area (Å²) in [5.41, 5.74) is 0.601. The van der Waals surface area contributed by atoms with Gasteiger partial charge in [0, 0.05) is 11.8 Å². The first kappa shape index (κ1) is 13.1. The van der Waals surface area contributed by atoms with Crippen molar-refractivity contribution < 1.29 is 9.90 Å². The molecule has 0 spiro atoms. The van der Waals surface area contributed by atoms with Gasteiger partial charge in [0.05, 0.1) is 11.8 Å². The van der Waals surface area contributed by atoms with Crippen LogP contribution >= 0.6 is 11.3 Å². The van der Waals surface area contributed by atoms with Gasteiger partial charge in [-0.25, -0.2) is 4.98 Å². The van der Waals surface area contributed by atoms with Gasteiger partial charge in [-0.1, -0.05) is 20.3 Å². The highest BCUT2D eigenvalue weighted by Gasteiger charge is 2.11. The fourth-order valence-corrected chi connectivity index (χ4v) is 1.98. The lowest BCUT2D eigenvalue weighted by Crippen LogP contribution is -2.14. The number of rotatable bonds is 5. The van der Waals surface area contributed by atoms with E-state index in [0.717, 1.165) is 6.42 Å². The molecule has 2 unspecified atom stereocenters. The normalized spacial score (nSPS) is 14.5. The maximum atomic E-state index is 11.6. The third-order valence-corrected chi connectivity index (χ3v) is 3.20. The molecule has 2 N–H and O–H groups in total. The molecule has 0 aromatic carbocycles. The van der Waals surface area contributed by atoms with Crippen LogP contribution in [0.2, 0.25) is 0 Å². The van der Waals surface area contributed by atoms with Gasteiger partial charge in [0.1, 0.15) is 0 Å². The van der Waals surface area contributed by atoms with E-state index in [4.69, 9.17) is 0 Å². The summed E-state index contributed by atoms with van der Waals surface area (Å²) in [6, 6.07) is 0. The fraction of sp³-hybridized carbons (Fsp3) is 0.636. The van der Waals surface area contributed by atoms with E-state index in [2.05, 4.69) is 17.2 Å². The van der Waals surface area contributed by atoms with E-state index < -0.39 is 6.10 Å². The summed E-state index contributed by atoms with van der Waals surface area (Å²) in [5, 5.41) is 14.3. The molecule has 0 saturated carbocycles. The van der Waals surface area contributed by atoms with Gasteiger partial charge in [-0.3, -0.25) is 4.79 Å². The van der Waals surface area contributed by atoms with E-state index in [9.17, 15) is 9.90 Å². The van der Waals surface area contributed by atoms with Crippen LogP contribution in [0.4, 0.5) is 5.13 Å². The first-order chi connectivity index (χ1) is 7.52. The molecular formula is C11H18N2O2S. The van der Waals surface area contributed by atoms with Crippen molar-refractivity contribution in [2.24, 2.45) is 5.92 Å². The molecule has 0 bridgehead atoms. The molecule has 0 fully saturated rings. The zero-order chi connectivity index (χ0) is 12.1. The molecule has 0 aliphatic carbocycles. The van der Waals surface area contributed by atoms with Crippen molar-refractivity contribution in [2.75, 3.05) is 5.32 Å². The van der Waals surface area contributed by atoms with Crippen LogP contribution in [-0.4, -0.2) is 16.0 Å². The smallest absolute Gasteiger partial charge is 0.226 e. The third-order valence-electron chi connectivity index (χ3n) is 2.43. The Labute approximate surface area is 99.7 Å². The van der Waals surface area contributed by atoms with E-state index in [1.165, 1.54) is 11.3 Å². The largest absolute Gasteiger partial charge is 0.387 e. The molecule has 1 heterocycles. The number of nitrogens with zero attached hydrogens (tertiary/aromatic N) is 1. The number of amides is 1. The predicted octanol–water partition coefficient (Wildman–Crippen LogP) is 2.57. The summed E-state index contributed by atoms with van der Waals surface area (Å²) in [7, 11) is 0. The number of aromatic nitrogens is 1. The SMILES string of the molecule is CCC(C)CC(=O)Nc1nc(C(C)O)cs1. The quantitative estimate of drug-likeness (QED) is 0.834. The predicted molar refractivity (Wildman–Crippen MR) is 65.4 cm³/mol. The number of anilines is 1. The Balaban J connectivity index is 2.50. The number of carbonyl (C=O) groups excluding carboxylic acids is 1. The van der Waals surface area contributed by atoms with Gasteiger partial charge < -0.3 is 10.4 Å². The van der Waals surface area contributed by atoms with Gasteiger partial charge in [-0.15, -0.1) is 11.3 Å². The number of aliphatic hydroxyl groups excluding tert-OH is 1. The average Bonchev–Trinajstić information content (AvgIpc) is 2.65. The van der Waals surface area contributed by atoms with Crippen LogP contribution in [0.25, 0.3) is 0 Å². The summed E-state index contributed by atoms with van der Waals surface area (Å²) in [6.45, 7) is 5.76. The van der Waals surface area contributed by atoms with Gasteiger partial charge in [0.15, 0.2) is 5.13 Å². The van der Waals surface area contributed by atoms with Gasteiger partial charge in [0.2, 0.25) is 5.91 Å². The number of carbonyl (C=O) groups is 1. The van der Waals surface area contributed by atoms with Crippen LogP contribution in [0.1, 0.15) is 45.4 Å². The minimum Gasteiger partial charge on any atom is -0.387 e. The van der Waals surface area contributed by atoms with Gasteiger partial charge in [-0.05, 0) is 12.8 Å². The maximum absolute atomic E-state index is 11.6. The minimum atomic E-state index is -0.587. The van der Waals surface area contributed by atoms with Crippen LogP contribution in [-0.2, 0) is 4.79 Å². The molecule has 0 aliphatic heterocycles. The molecule has 1 rings (SSSR count). The fourth-order valence-electron chi connectivity index (χ4n) is 1.17. The molecule has 1 aromatic heterocycles. The number of hydrogen-bond acceptors (Lipinski definition) is 4. The molecule has 0 saturated heterocycles. The van der Waals surface area contributed by atoms with E-state index in [0.29, 0.717) is 23.2 Å². The molecular weight excluding hydrogens is 224 g/mol. The second-order valence-corrected chi connectivity index (χ2v) is 4.88. The summed E-state index contributed by atoms with van der Waals surface area (Å²) in [4.78, 5) is 15.7. The Morgan fingerprint density at radius 1 is 1.62 bits per heavy atom. The van der Waals surface area contributed by atoms with Crippen molar-refractivity contribution >= 4 is 22.4 Å². The lowest BCUT2D eigenvalue weighted by atomic mass is 10.1. The molecule has 0 radical (unpaired) electrons. The van der Waals surface area contributed by atoms with Crippen molar-refractivity contribution in [1.29, 1.82) is 0 Å². The van der Waals surface area contributed by atoms with Crippen molar-refractivity contribution in [1.82, 2.24) is 4.98 Å². The maximum Gasteiger partial charge on any atom is 0.226 e. The summed E-state index contributed by atoms with van der Waals surface area (Å²) in [5.74, 6) is 0.372. The zero-order valence-corrected chi connectivity index (χ0v) is 10.7. The molecule has 1 aromatic rings. The van der Waals surface area contributed by atoms with Crippen LogP contribution in [0, 0.1) is 5.92 Å². The molecule has 5 heteroatoms. The highest BCUT2D eigenvalue weighted by molar-refractivity contribution is 7.13. The van der Waals surface area contributed by atoms with Crippen LogP contribution in [0.15, 0.2) is 5.38 Å². The van der Waals surface area contributed by atoms with Crippen LogP contribution in [0.5, 0.6) is 0 Å². The number of thiazole rings is 1. The monoisotopic (exact) mass is 242 g/mol.